The van der Waals surface area contributed by atoms with Gasteiger partial charge < -0.3 is 0 Å². The van der Waals surface area contributed by atoms with Gasteiger partial charge in [0.25, 0.3) is 5.69 Å². The molecule has 1 heterocycles. The predicted molar refractivity (Wildman–Crippen MR) is 66.6 cm³/mol. The Morgan fingerprint density at radius 2 is 2.17 bits per heavy atom. The maximum Gasteiger partial charge on any atom is 0.271 e. The molecular formula is C13H8N3O2. The summed E-state index contributed by atoms with van der Waals surface area (Å²) in [5.41, 5.74) is 2.28. The standard InChI is InChI=1S/C13H8N3O2/c17-16(18)11-6-7-12-13(8-11)15(9-14-12)10-4-2-1-3-5-10/h1-4,6-9H. The summed E-state index contributed by atoms with van der Waals surface area (Å²) in [5.74, 6) is 0. The van der Waals surface area contributed by atoms with Crippen molar-refractivity contribution >= 4 is 16.7 Å². The SMILES string of the molecule is O=[N+]([O-])c1ccc2ncn(-c3[c]cccc3)c2c1. The van der Waals surface area contributed by atoms with Crippen molar-refractivity contribution in [3.05, 3.63) is 65.0 Å². The van der Waals surface area contributed by atoms with Crippen LogP contribution in [0.1, 0.15) is 0 Å². The highest BCUT2D eigenvalue weighted by Crippen LogP contribution is 2.22. The highest BCUT2D eigenvalue weighted by molar-refractivity contribution is 5.79. The lowest BCUT2D eigenvalue weighted by Crippen LogP contribution is -1.93. The van der Waals surface area contributed by atoms with Crippen molar-refractivity contribution in [1.29, 1.82) is 0 Å². The number of nitro benzene ring substituents is 1. The van der Waals surface area contributed by atoms with Gasteiger partial charge in [0.15, 0.2) is 0 Å². The van der Waals surface area contributed by atoms with E-state index in [-0.39, 0.29) is 5.69 Å². The van der Waals surface area contributed by atoms with E-state index in [2.05, 4.69) is 11.1 Å². The van der Waals surface area contributed by atoms with Crippen LogP contribution in [-0.2, 0) is 0 Å². The van der Waals surface area contributed by atoms with Crippen LogP contribution in [0.4, 0.5) is 5.69 Å². The van der Waals surface area contributed by atoms with Gasteiger partial charge in [0.2, 0.25) is 0 Å². The summed E-state index contributed by atoms with van der Waals surface area (Å²) in [5, 5.41) is 10.8. The lowest BCUT2D eigenvalue weighted by Gasteiger charge is -2.02. The van der Waals surface area contributed by atoms with E-state index in [1.165, 1.54) is 12.1 Å². The monoisotopic (exact) mass is 238 g/mol. The smallest absolute Gasteiger partial charge is 0.271 e. The molecule has 18 heavy (non-hydrogen) atoms. The third-order valence-corrected chi connectivity index (χ3v) is 2.69. The number of para-hydroxylation sites is 1. The number of rotatable bonds is 2. The molecule has 0 unspecified atom stereocenters. The summed E-state index contributed by atoms with van der Waals surface area (Å²) in [4.78, 5) is 14.6. The van der Waals surface area contributed by atoms with Crippen molar-refractivity contribution in [2.45, 2.75) is 0 Å². The zero-order valence-corrected chi connectivity index (χ0v) is 9.28. The van der Waals surface area contributed by atoms with Crippen LogP contribution in [-0.4, -0.2) is 14.5 Å². The molecule has 87 valence electrons. The second kappa shape index (κ2) is 3.96. The van der Waals surface area contributed by atoms with Gasteiger partial charge in [-0.25, -0.2) is 4.98 Å². The van der Waals surface area contributed by atoms with E-state index in [4.69, 9.17) is 0 Å². The first-order valence-corrected chi connectivity index (χ1v) is 5.34. The Labute approximate surface area is 102 Å². The third-order valence-electron chi connectivity index (χ3n) is 2.69. The molecule has 2 aromatic carbocycles. The fourth-order valence-corrected chi connectivity index (χ4v) is 1.84. The maximum atomic E-state index is 10.8. The van der Waals surface area contributed by atoms with Gasteiger partial charge in [-0.3, -0.25) is 14.7 Å². The van der Waals surface area contributed by atoms with E-state index in [9.17, 15) is 10.1 Å². The molecule has 3 aromatic rings. The molecule has 0 N–H and O–H groups in total. The van der Waals surface area contributed by atoms with E-state index in [0.717, 1.165) is 11.2 Å². The normalized spacial score (nSPS) is 10.7. The molecule has 0 fully saturated rings. The van der Waals surface area contributed by atoms with Crippen LogP contribution in [0.25, 0.3) is 16.7 Å². The molecule has 0 amide bonds. The molecule has 0 aliphatic carbocycles. The molecule has 0 atom stereocenters. The van der Waals surface area contributed by atoms with Crippen LogP contribution >= 0.6 is 0 Å². The topological polar surface area (TPSA) is 61.0 Å². The first kappa shape index (κ1) is 10.5. The molecule has 0 aliphatic rings. The van der Waals surface area contributed by atoms with Gasteiger partial charge >= 0.3 is 0 Å². The van der Waals surface area contributed by atoms with Crippen molar-refractivity contribution in [1.82, 2.24) is 9.55 Å². The zero-order chi connectivity index (χ0) is 12.5. The molecule has 0 aliphatic heterocycles. The lowest BCUT2D eigenvalue weighted by molar-refractivity contribution is -0.384. The highest BCUT2D eigenvalue weighted by atomic mass is 16.6. The minimum Gasteiger partial charge on any atom is -0.298 e. The number of nitro groups is 1. The Balaban J connectivity index is 2.24. The summed E-state index contributed by atoms with van der Waals surface area (Å²) in [6.45, 7) is 0. The van der Waals surface area contributed by atoms with Gasteiger partial charge in [-0.1, -0.05) is 18.2 Å². The van der Waals surface area contributed by atoms with Crippen LogP contribution in [0.3, 0.4) is 0 Å². The number of imidazole rings is 1. The number of fused-ring (bicyclic) bond motifs is 1. The third kappa shape index (κ3) is 1.62. The number of non-ortho nitro benzene ring substituents is 1. The summed E-state index contributed by atoms with van der Waals surface area (Å²) in [6, 6.07) is 15.1. The Hall–Kier alpha value is -2.69. The number of hydrogen-bond donors (Lipinski definition) is 0. The Kier molecular flexibility index (Phi) is 2.30. The number of benzene rings is 2. The van der Waals surface area contributed by atoms with E-state index >= 15 is 0 Å². The number of aromatic nitrogens is 2. The van der Waals surface area contributed by atoms with Gasteiger partial charge in [-0.05, 0) is 12.1 Å². The average molecular weight is 238 g/mol. The van der Waals surface area contributed by atoms with Gasteiger partial charge in [-0.2, -0.15) is 0 Å². The van der Waals surface area contributed by atoms with E-state index in [1.807, 2.05) is 18.2 Å². The zero-order valence-electron chi connectivity index (χ0n) is 9.28. The Morgan fingerprint density at radius 3 is 2.89 bits per heavy atom. The minimum absolute atomic E-state index is 0.0557. The van der Waals surface area contributed by atoms with Gasteiger partial charge in [0, 0.05) is 18.2 Å². The second-order valence-electron chi connectivity index (χ2n) is 3.79. The molecule has 3 rings (SSSR count). The van der Waals surface area contributed by atoms with Gasteiger partial charge in [-0.15, -0.1) is 0 Å². The molecule has 0 saturated heterocycles. The van der Waals surface area contributed by atoms with Gasteiger partial charge in [0.05, 0.1) is 21.6 Å². The molecule has 0 bridgehead atoms. The highest BCUT2D eigenvalue weighted by Gasteiger charge is 2.10. The summed E-state index contributed by atoms with van der Waals surface area (Å²) in [7, 11) is 0. The van der Waals surface area contributed by atoms with Crippen LogP contribution in [0.2, 0.25) is 0 Å². The molecule has 0 saturated carbocycles. The van der Waals surface area contributed by atoms with Crippen molar-refractivity contribution in [2.75, 3.05) is 0 Å². The molecule has 1 aromatic heterocycles. The quantitative estimate of drug-likeness (QED) is 0.509. The summed E-state index contributed by atoms with van der Waals surface area (Å²) < 4.78 is 1.78. The number of nitrogens with zero attached hydrogens (tertiary/aromatic N) is 3. The number of hydrogen-bond acceptors (Lipinski definition) is 3. The van der Waals surface area contributed by atoms with Crippen molar-refractivity contribution < 1.29 is 4.92 Å². The fourth-order valence-electron chi connectivity index (χ4n) is 1.84. The van der Waals surface area contributed by atoms with Crippen LogP contribution in [0, 0.1) is 16.2 Å². The second-order valence-corrected chi connectivity index (χ2v) is 3.79. The first-order valence-electron chi connectivity index (χ1n) is 5.34. The first-order chi connectivity index (χ1) is 8.75. The van der Waals surface area contributed by atoms with Crippen LogP contribution in [0.15, 0.2) is 48.8 Å². The minimum atomic E-state index is -0.411. The van der Waals surface area contributed by atoms with E-state index in [1.54, 1.807) is 23.0 Å². The van der Waals surface area contributed by atoms with E-state index < -0.39 is 4.92 Å². The molecule has 1 radical (unpaired) electrons. The lowest BCUT2D eigenvalue weighted by atomic mass is 10.2. The van der Waals surface area contributed by atoms with Gasteiger partial charge in [0.1, 0.15) is 6.33 Å². The Bertz CT molecular complexity index is 719. The van der Waals surface area contributed by atoms with Crippen molar-refractivity contribution in [3.63, 3.8) is 0 Å². The molecule has 0 spiro atoms. The largest absolute Gasteiger partial charge is 0.298 e. The average Bonchev–Trinajstić information content (AvgIpc) is 2.82. The molecule has 5 nitrogen and oxygen atoms in total. The van der Waals surface area contributed by atoms with Crippen LogP contribution in [0.5, 0.6) is 0 Å². The summed E-state index contributed by atoms with van der Waals surface area (Å²) in [6.07, 6.45) is 1.64. The van der Waals surface area contributed by atoms with Crippen molar-refractivity contribution in [3.8, 4) is 5.69 Å². The predicted octanol–water partition coefficient (Wildman–Crippen LogP) is 2.73. The Morgan fingerprint density at radius 1 is 1.28 bits per heavy atom. The summed E-state index contributed by atoms with van der Waals surface area (Å²) >= 11 is 0. The van der Waals surface area contributed by atoms with E-state index in [0.29, 0.717) is 5.52 Å². The maximum absolute atomic E-state index is 10.8. The molecule has 5 heteroatoms. The molecular weight excluding hydrogens is 230 g/mol. The van der Waals surface area contributed by atoms with Crippen LogP contribution < -0.4 is 0 Å². The van der Waals surface area contributed by atoms with Crippen molar-refractivity contribution in [2.24, 2.45) is 0 Å². The fraction of sp³-hybridized carbons (Fsp3) is 0.